The van der Waals surface area contributed by atoms with E-state index in [0.717, 1.165) is 25.0 Å². The first-order valence-electron chi connectivity index (χ1n) is 6.67. The van der Waals surface area contributed by atoms with Crippen molar-refractivity contribution in [2.45, 2.75) is 45.7 Å². The molecule has 3 atom stereocenters. The van der Waals surface area contributed by atoms with Gasteiger partial charge in [0.1, 0.15) is 0 Å². The number of nitrogens with zero attached hydrogens (tertiary/aromatic N) is 1. The number of hydrogen-bond donors (Lipinski definition) is 1. The highest BCUT2D eigenvalue weighted by atomic mass is 32.2. The van der Waals surface area contributed by atoms with Crippen molar-refractivity contribution in [3.63, 3.8) is 0 Å². The van der Waals surface area contributed by atoms with E-state index in [-0.39, 0.29) is 0 Å². The van der Waals surface area contributed by atoms with E-state index in [1.165, 1.54) is 24.3 Å². The lowest BCUT2D eigenvalue weighted by atomic mass is 10.0. The van der Waals surface area contributed by atoms with Gasteiger partial charge in [-0.2, -0.15) is 11.8 Å². The van der Waals surface area contributed by atoms with E-state index < -0.39 is 0 Å². The maximum atomic E-state index is 3.53. The van der Waals surface area contributed by atoms with Gasteiger partial charge in [-0.3, -0.25) is 4.90 Å². The lowest BCUT2D eigenvalue weighted by Crippen LogP contribution is -2.44. The first-order chi connectivity index (χ1) is 7.66. The van der Waals surface area contributed by atoms with E-state index >= 15 is 0 Å². The molecule has 2 nitrogen and oxygen atoms in total. The summed E-state index contributed by atoms with van der Waals surface area (Å²) in [5.41, 5.74) is 0. The van der Waals surface area contributed by atoms with Crippen LogP contribution in [-0.2, 0) is 0 Å². The molecule has 16 heavy (non-hydrogen) atoms. The normalized spacial score (nSPS) is 24.9. The Kier molecular flexibility index (Phi) is 6.78. The van der Waals surface area contributed by atoms with Crippen LogP contribution in [-0.4, -0.2) is 48.6 Å². The molecular formula is C13H28N2S. The SMILES string of the molecule is CCCNCC(C)C(C)N(C)C1CCSC1. The molecule has 0 aromatic carbocycles. The maximum absolute atomic E-state index is 3.53. The van der Waals surface area contributed by atoms with Gasteiger partial charge in [-0.05, 0) is 51.6 Å². The van der Waals surface area contributed by atoms with E-state index in [1.54, 1.807) is 0 Å². The van der Waals surface area contributed by atoms with Crippen LogP contribution in [0.1, 0.15) is 33.6 Å². The lowest BCUT2D eigenvalue weighted by Gasteiger charge is -2.34. The summed E-state index contributed by atoms with van der Waals surface area (Å²) in [6.07, 6.45) is 2.61. The van der Waals surface area contributed by atoms with Crippen molar-refractivity contribution in [1.82, 2.24) is 10.2 Å². The minimum atomic E-state index is 0.688. The Hall–Kier alpha value is 0.270. The molecule has 0 aliphatic carbocycles. The Morgan fingerprint density at radius 3 is 2.75 bits per heavy atom. The molecule has 1 aliphatic rings. The highest BCUT2D eigenvalue weighted by Gasteiger charge is 2.26. The number of nitrogens with one attached hydrogen (secondary N) is 1. The summed E-state index contributed by atoms with van der Waals surface area (Å²) in [7, 11) is 2.30. The van der Waals surface area contributed by atoms with E-state index in [4.69, 9.17) is 0 Å². The first-order valence-corrected chi connectivity index (χ1v) is 7.82. The van der Waals surface area contributed by atoms with Crippen molar-refractivity contribution in [2.24, 2.45) is 5.92 Å². The second-order valence-corrected chi connectivity index (χ2v) is 6.25. The van der Waals surface area contributed by atoms with Crippen molar-refractivity contribution < 1.29 is 0 Å². The topological polar surface area (TPSA) is 15.3 Å². The van der Waals surface area contributed by atoms with E-state index in [0.29, 0.717) is 6.04 Å². The first kappa shape index (κ1) is 14.3. The van der Waals surface area contributed by atoms with Gasteiger partial charge < -0.3 is 5.32 Å². The van der Waals surface area contributed by atoms with Gasteiger partial charge in [0.25, 0.3) is 0 Å². The third-order valence-corrected chi connectivity index (χ3v) is 4.99. The Balaban J connectivity index is 2.27. The minimum absolute atomic E-state index is 0.688. The molecule has 3 unspecified atom stereocenters. The second kappa shape index (κ2) is 7.57. The molecule has 0 aromatic rings. The van der Waals surface area contributed by atoms with Crippen LogP contribution in [0.5, 0.6) is 0 Å². The van der Waals surface area contributed by atoms with Crippen LogP contribution in [0, 0.1) is 5.92 Å². The smallest absolute Gasteiger partial charge is 0.0194 e. The van der Waals surface area contributed by atoms with Gasteiger partial charge in [0.05, 0.1) is 0 Å². The maximum Gasteiger partial charge on any atom is 0.0194 e. The summed E-state index contributed by atoms with van der Waals surface area (Å²) < 4.78 is 0. The van der Waals surface area contributed by atoms with Gasteiger partial charge in [-0.15, -0.1) is 0 Å². The molecular weight excluding hydrogens is 216 g/mol. The van der Waals surface area contributed by atoms with E-state index in [2.05, 4.69) is 49.8 Å². The van der Waals surface area contributed by atoms with Crippen LogP contribution in [0.15, 0.2) is 0 Å². The highest BCUT2D eigenvalue weighted by molar-refractivity contribution is 7.99. The van der Waals surface area contributed by atoms with Crippen molar-refractivity contribution in [3.05, 3.63) is 0 Å². The van der Waals surface area contributed by atoms with Crippen LogP contribution in [0.25, 0.3) is 0 Å². The van der Waals surface area contributed by atoms with Crippen molar-refractivity contribution in [3.8, 4) is 0 Å². The van der Waals surface area contributed by atoms with Crippen LogP contribution in [0.4, 0.5) is 0 Å². The van der Waals surface area contributed by atoms with Crippen molar-refractivity contribution in [1.29, 1.82) is 0 Å². The van der Waals surface area contributed by atoms with Crippen LogP contribution < -0.4 is 5.32 Å². The molecule has 0 bridgehead atoms. The van der Waals surface area contributed by atoms with Crippen LogP contribution in [0.3, 0.4) is 0 Å². The third-order valence-electron chi connectivity index (χ3n) is 3.84. The Morgan fingerprint density at radius 2 is 2.19 bits per heavy atom. The molecule has 96 valence electrons. The zero-order valence-electron chi connectivity index (χ0n) is 11.3. The molecule has 1 saturated heterocycles. The monoisotopic (exact) mass is 244 g/mol. The summed E-state index contributed by atoms with van der Waals surface area (Å²) in [6.45, 7) is 9.27. The predicted molar refractivity (Wildman–Crippen MR) is 75.3 cm³/mol. The molecule has 0 spiro atoms. The summed E-state index contributed by atoms with van der Waals surface area (Å²) in [6, 6.07) is 1.50. The van der Waals surface area contributed by atoms with Gasteiger partial charge in [0.15, 0.2) is 0 Å². The van der Waals surface area contributed by atoms with Crippen molar-refractivity contribution >= 4 is 11.8 Å². The fourth-order valence-corrected chi connectivity index (χ4v) is 3.53. The largest absolute Gasteiger partial charge is 0.316 e. The summed E-state index contributed by atoms with van der Waals surface area (Å²) in [4.78, 5) is 2.60. The minimum Gasteiger partial charge on any atom is -0.316 e. The molecule has 3 heteroatoms. The molecule has 0 radical (unpaired) electrons. The van der Waals surface area contributed by atoms with Gasteiger partial charge >= 0.3 is 0 Å². The van der Waals surface area contributed by atoms with Gasteiger partial charge in [0, 0.05) is 17.8 Å². The average Bonchev–Trinajstić information content (AvgIpc) is 2.80. The Labute approximate surface area is 106 Å². The fourth-order valence-electron chi connectivity index (χ4n) is 2.25. The standard InChI is InChI=1S/C13H28N2S/c1-5-7-14-9-11(2)12(3)15(4)13-6-8-16-10-13/h11-14H,5-10H2,1-4H3. The summed E-state index contributed by atoms with van der Waals surface area (Å²) in [5.74, 6) is 3.42. The lowest BCUT2D eigenvalue weighted by molar-refractivity contribution is 0.152. The van der Waals surface area contributed by atoms with Gasteiger partial charge in [-0.25, -0.2) is 0 Å². The summed E-state index contributed by atoms with van der Waals surface area (Å²) in [5, 5.41) is 3.53. The van der Waals surface area contributed by atoms with Crippen LogP contribution in [0.2, 0.25) is 0 Å². The average molecular weight is 244 g/mol. The molecule has 1 heterocycles. The Bertz CT molecular complexity index is 181. The van der Waals surface area contributed by atoms with Gasteiger partial charge in [-0.1, -0.05) is 13.8 Å². The molecule has 1 fully saturated rings. The quantitative estimate of drug-likeness (QED) is 0.693. The number of rotatable bonds is 7. The predicted octanol–water partition coefficient (Wildman–Crippen LogP) is 2.45. The molecule has 0 amide bonds. The van der Waals surface area contributed by atoms with Crippen molar-refractivity contribution in [2.75, 3.05) is 31.6 Å². The molecule has 0 aromatic heterocycles. The van der Waals surface area contributed by atoms with E-state index in [1.807, 2.05) is 0 Å². The second-order valence-electron chi connectivity index (χ2n) is 5.10. The Morgan fingerprint density at radius 1 is 1.44 bits per heavy atom. The van der Waals surface area contributed by atoms with Crippen LogP contribution >= 0.6 is 11.8 Å². The molecule has 1 rings (SSSR count). The fraction of sp³-hybridized carbons (Fsp3) is 1.00. The zero-order valence-corrected chi connectivity index (χ0v) is 12.1. The summed E-state index contributed by atoms with van der Waals surface area (Å²) >= 11 is 2.10. The number of thioether (sulfide) groups is 1. The molecule has 0 saturated carbocycles. The van der Waals surface area contributed by atoms with Gasteiger partial charge in [0.2, 0.25) is 0 Å². The highest BCUT2D eigenvalue weighted by Crippen LogP contribution is 2.24. The number of hydrogen-bond acceptors (Lipinski definition) is 3. The third kappa shape index (κ3) is 4.27. The zero-order chi connectivity index (χ0) is 12.0. The van der Waals surface area contributed by atoms with E-state index in [9.17, 15) is 0 Å². The molecule has 1 aliphatic heterocycles. The molecule has 1 N–H and O–H groups in total.